The Morgan fingerprint density at radius 2 is 1.94 bits per heavy atom. The van der Waals surface area contributed by atoms with E-state index >= 15 is 0 Å². The summed E-state index contributed by atoms with van der Waals surface area (Å²) in [5, 5.41) is 0. The fourth-order valence-corrected chi connectivity index (χ4v) is 3.99. The molecule has 1 amide bonds. The van der Waals surface area contributed by atoms with Crippen molar-refractivity contribution in [3.8, 4) is 0 Å². The number of rotatable bonds is 7. The van der Waals surface area contributed by atoms with Gasteiger partial charge in [-0.25, -0.2) is 4.39 Å². The molecule has 2 atom stereocenters. The Hall–Kier alpha value is -2.70. The van der Waals surface area contributed by atoms with E-state index in [1.807, 2.05) is 17.9 Å². The van der Waals surface area contributed by atoms with Crippen molar-refractivity contribution < 1.29 is 22.4 Å². The van der Waals surface area contributed by atoms with E-state index in [-0.39, 0.29) is 23.3 Å². The van der Waals surface area contributed by atoms with Crippen molar-refractivity contribution in [2.45, 2.75) is 64.1 Å². The maximum Gasteiger partial charge on any atom is 0.395 e. The summed E-state index contributed by atoms with van der Waals surface area (Å²) in [6.45, 7) is 3.72. The minimum Gasteiger partial charge on any atom is -0.335 e. The average Bonchev–Trinajstić information content (AvgIpc) is 2.79. The van der Waals surface area contributed by atoms with Crippen molar-refractivity contribution in [3.63, 3.8) is 0 Å². The predicted molar refractivity (Wildman–Crippen MR) is 117 cm³/mol. The smallest absolute Gasteiger partial charge is 0.335 e. The van der Waals surface area contributed by atoms with E-state index in [2.05, 4.69) is 4.98 Å². The van der Waals surface area contributed by atoms with Crippen molar-refractivity contribution in [3.05, 3.63) is 71.3 Å². The van der Waals surface area contributed by atoms with Gasteiger partial charge in [0.2, 0.25) is 0 Å². The van der Waals surface area contributed by atoms with Crippen molar-refractivity contribution in [2.24, 2.45) is 0 Å². The van der Waals surface area contributed by atoms with Crippen LogP contribution in [-0.4, -0.2) is 34.6 Å². The third-order valence-corrected chi connectivity index (χ3v) is 6.05. The first-order valence-electron chi connectivity index (χ1n) is 11.0. The van der Waals surface area contributed by atoms with Gasteiger partial charge >= 0.3 is 6.18 Å². The lowest BCUT2D eigenvalue weighted by Crippen LogP contribution is -2.41. The number of amides is 1. The molecule has 1 aromatic carbocycles. The van der Waals surface area contributed by atoms with E-state index < -0.39 is 12.1 Å². The van der Waals surface area contributed by atoms with Crippen LogP contribution in [0.1, 0.15) is 73.5 Å². The molecule has 2 aromatic rings. The second kappa shape index (κ2) is 10.3. The summed E-state index contributed by atoms with van der Waals surface area (Å²) in [4.78, 5) is 19.2. The van der Waals surface area contributed by atoms with Crippen molar-refractivity contribution in [2.75, 3.05) is 6.54 Å². The molecule has 32 heavy (non-hydrogen) atoms. The standard InChI is InChI=1S/C25H28F4N2O/c1-3-4-16-31(21-13-11-19(12-14-21)23-22(26)6-5-15-30-23)24(32)20-9-7-18(8-10-20)17(2)25(27,28)29/h5-11,15,17,21H,3-4,12-14,16H2,1-2H3. The number of carbonyl (C=O) groups is 1. The zero-order valence-electron chi connectivity index (χ0n) is 18.3. The Kier molecular flexibility index (Phi) is 7.69. The summed E-state index contributed by atoms with van der Waals surface area (Å²) in [5.41, 5.74) is 1.71. The van der Waals surface area contributed by atoms with Gasteiger partial charge in [0.15, 0.2) is 0 Å². The van der Waals surface area contributed by atoms with Gasteiger partial charge in [0.25, 0.3) is 5.91 Å². The summed E-state index contributed by atoms with van der Waals surface area (Å²) < 4.78 is 53.0. The number of unbranched alkanes of at least 4 members (excludes halogenated alkanes) is 1. The van der Waals surface area contributed by atoms with Crippen LogP contribution in [0.4, 0.5) is 17.6 Å². The summed E-state index contributed by atoms with van der Waals surface area (Å²) in [7, 11) is 0. The van der Waals surface area contributed by atoms with Crippen LogP contribution in [0.2, 0.25) is 0 Å². The van der Waals surface area contributed by atoms with E-state index in [1.165, 1.54) is 30.3 Å². The summed E-state index contributed by atoms with van der Waals surface area (Å²) >= 11 is 0. The third-order valence-electron chi connectivity index (χ3n) is 6.05. The number of carbonyl (C=O) groups excluding carboxylic acids is 1. The Morgan fingerprint density at radius 3 is 2.50 bits per heavy atom. The maximum absolute atomic E-state index is 14.1. The fraction of sp³-hybridized carbons (Fsp3) is 0.440. The van der Waals surface area contributed by atoms with E-state index in [0.29, 0.717) is 37.1 Å². The van der Waals surface area contributed by atoms with Crippen LogP contribution in [0.25, 0.3) is 5.57 Å². The molecule has 1 aromatic heterocycles. The van der Waals surface area contributed by atoms with Gasteiger partial charge in [0.1, 0.15) is 11.5 Å². The Labute approximate surface area is 186 Å². The number of hydrogen-bond acceptors (Lipinski definition) is 2. The van der Waals surface area contributed by atoms with E-state index in [0.717, 1.165) is 25.3 Å². The predicted octanol–water partition coefficient (Wildman–Crippen LogP) is 6.76. The molecule has 0 radical (unpaired) electrons. The van der Waals surface area contributed by atoms with E-state index in [4.69, 9.17) is 0 Å². The molecule has 0 bridgehead atoms. The summed E-state index contributed by atoms with van der Waals surface area (Å²) in [6, 6.07) is 8.61. The second-order valence-electron chi connectivity index (χ2n) is 8.23. The van der Waals surface area contributed by atoms with Crippen LogP contribution in [-0.2, 0) is 0 Å². The van der Waals surface area contributed by atoms with Crippen LogP contribution in [0.5, 0.6) is 0 Å². The molecule has 1 aliphatic rings. The monoisotopic (exact) mass is 448 g/mol. The van der Waals surface area contributed by atoms with Crippen molar-refractivity contribution in [1.29, 1.82) is 0 Å². The lowest BCUT2D eigenvalue weighted by Gasteiger charge is -2.34. The van der Waals surface area contributed by atoms with Gasteiger partial charge in [-0.3, -0.25) is 9.78 Å². The zero-order chi connectivity index (χ0) is 23.3. The number of allylic oxidation sites excluding steroid dienone is 1. The van der Waals surface area contributed by atoms with Gasteiger partial charge in [-0.05, 0) is 68.0 Å². The van der Waals surface area contributed by atoms with Crippen LogP contribution in [0, 0.1) is 5.82 Å². The van der Waals surface area contributed by atoms with Gasteiger partial charge in [-0.1, -0.05) is 31.6 Å². The minimum absolute atomic E-state index is 0.0432. The highest BCUT2D eigenvalue weighted by atomic mass is 19.4. The Balaban J connectivity index is 1.76. The summed E-state index contributed by atoms with van der Waals surface area (Å²) in [6.07, 6.45) is 2.81. The number of hydrogen-bond donors (Lipinski definition) is 0. The topological polar surface area (TPSA) is 33.2 Å². The molecule has 0 aliphatic heterocycles. The minimum atomic E-state index is -4.32. The van der Waals surface area contributed by atoms with E-state index in [9.17, 15) is 22.4 Å². The number of alkyl halides is 3. The lowest BCUT2D eigenvalue weighted by atomic mass is 9.91. The van der Waals surface area contributed by atoms with Gasteiger partial charge in [0.05, 0.1) is 5.92 Å². The number of aromatic nitrogens is 1. The van der Waals surface area contributed by atoms with Crippen molar-refractivity contribution >= 4 is 11.5 Å². The van der Waals surface area contributed by atoms with Gasteiger partial charge in [0, 0.05) is 24.3 Å². The number of halogens is 4. The van der Waals surface area contributed by atoms with Gasteiger partial charge < -0.3 is 4.90 Å². The van der Waals surface area contributed by atoms with Gasteiger partial charge in [-0.2, -0.15) is 13.2 Å². The normalized spacial score (nSPS) is 17.6. The first-order chi connectivity index (χ1) is 15.2. The number of pyridine rings is 1. The highest BCUT2D eigenvalue weighted by molar-refractivity contribution is 5.94. The Morgan fingerprint density at radius 1 is 1.22 bits per heavy atom. The zero-order valence-corrected chi connectivity index (χ0v) is 18.3. The Bertz CT molecular complexity index is 953. The molecule has 3 nitrogen and oxygen atoms in total. The molecule has 0 N–H and O–H groups in total. The molecule has 0 spiro atoms. The average molecular weight is 449 g/mol. The van der Waals surface area contributed by atoms with E-state index in [1.54, 1.807) is 12.3 Å². The van der Waals surface area contributed by atoms with Crippen LogP contribution in [0.3, 0.4) is 0 Å². The van der Waals surface area contributed by atoms with Crippen LogP contribution >= 0.6 is 0 Å². The molecule has 2 unspecified atom stereocenters. The van der Waals surface area contributed by atoms with Crippen LogP contribution < -0.4 is 0 Å². The molecule has 1 aliphatic carbocycles. The summed E-state index contributed by atoms with van der Waals surface area (Å²) in [5.74, 6) is -2.13. The molecule has 1 heterocycles. The molecule has 3 rings (SSSR count). The molecular weight excluding hydrogens is 420 g/mol. The molecule has 0 fully saturated rings. The highest BCUT2D eigenvalue weighted by Crippen LogP contribution is 2.35. The third kappa shape index (κ3) is 5.56. The highest BCUT2D eigenvalue weighted by Gasteiger charge is 2.37. The quantitative estimate of drug-likeness (QED) is 0.438. The number of benzene rings is 1. The maximum atomic E-state index is 14.1. The molecular formula is C25H28F4N2O. The van der Waals surface area contributed by atoms with Crippen molar-refractivity contribution in [1.82, 2.24) is 9.88 Å². The largest absolute Gasteiger partial charge is 0.395 e. The molecule has 0 saturated heterocycles. The second-order valence-corrected chi connectivity index (χ2v) is 8.23. The molecule has 172 valence electrons. The first-order valence-corrected chi connectivity index (χ1v) is 11.0. The van der Waals surface area contributed by atoms with Gasteiger partial charge in [-0.15, -0.1) is 0 Å². The SMILES string of the molecule is CCCCN(C(=O)c1ccc(C(C)C(F)(F)F)cc1)C1CC=C(c2ncccc2F)CC1. The number of nitrogens with zero attached hydrogens (tertiary/aromatic N) is 2. The molecule has 7 heteroatoms. The fourth-order valence-electron chi connectivity index (χ4n) is 3.99. The van der Waals surface area contributed by atoms with Crippen LogP contribution in [0.15, 0.2) is 48.7 Å². The first kappa shape index (κ1) is 24.0. The lowest BCUT2D eigenvalue weighted by molar-refractivity contribution is -0.146. The molecule has 0 saturated carbocycles.